The SMILES string of the molecule is N#Cc1nnc2ccccc2c1NC1C=CS(=O)(=O)C1. The van der Waals surface area contributed by atoms with E-state index >= 15 is 0 Å². The lowest BCUT2D eigenvalue weighted by Gasteiger charge is -2.14. The van der Waals surface area contributed by atoms with Gasteiger partial charge in [0.25, 0.3) is 0 Å². The van der Waals surface area contributed by atoms with Gasteiger partial charge in [0.2, 0.25) is 0 Å². The number of fused-ring (bicyclic) bond motifs is 1. The van der Waals surface area contributed by atoms with E-state index in [9.17, 15) is 8.42 Å². The van der Waals surface area contributed by atoms with Gasteiger partial charge >= 0.3 is 0 Å². The average molecular weight is 286 g/mol. The minimum Gasteiger partial charge on any atom is -0.375 e. The summed E-state index contributed by atoms with van der Waals surface area (Å²) in [5.41, 5.74) is 1.32. The third-order valence-corrected chi connectivity index (χ3v) is 4.43. The van der Waals surface area contributed by atoms with Gasteiger partial charge < -0.3 is 5.32 Å². The Morgan fingerprint density at radius 3 is 2.80 bits per heavy atom. The normalized spacial score (nSPS) is 19.9. The van der Waals surface area contributed by atoms with Crippen molar-refractivity contribution in [2.75, 3.05) is 11.1 Å². The maximum absolute atomic E-state index is 11.4. The molecule has 1 aliphatic heterocycles. The maximum atomic E-state index is 11.4. The zero-order valence-corrected chi connectivity index (χ0v) is 11.1. The van der Waals surface area contributed by atoms with Crippen LogP contribution < -0.4 is 5.32 Å². The van der Waals surface area contributed by atoms with Gasteiger partial charge in [0, 0.05) is 10.8 Å². The Morgan fingerprint density at radius 2 is 2.10 bits per heavy atom. The fourth-order valence-corrected chi connectivity index (χ4v) is 3.36. The molecule has 1 aliphatic rings. The zero-order chi connectivity index (χ0) is 14.2. The van der Waals surface area contributed by atoms with Crippen molar-refractivity contribution in [2.24, 2.45) is 0 Å². The van der Waals surface area contributed by atoms with Crippen LogP contribution in [0.4, 0.5) is 5.69 Å². The summed E-state index contributed by atoms with van der Waals surface area (Å²) in [5.74, 6) is -0.0193. The van der Waals surface area contributed by atoms with Crippen molar-refractivity contribution in [3.63, 3.8) is 0 Å². The Labute approximate surface area is 115 Å². The minimum atomic E-state index is -3.15. The second kappa shape index (κ2) is 4.58. The number of nitrogens with one attached hydrogen (secondary N) is 1. The molecule has 20 heavy (non-hydrogen) atoms. The van der Waals surface area contributed by atoms with E-state index in [1.807, 2.05) is 24.3 Å². The number of aromatic nitrogens is 2. The van der Waals surface area contributed by atoms with Crippen molar-refractivity contribution < 1.29 is 8.42 Å². The summed E-state index contributed by atoms with van der Waals surface area (Å²) >= 11 is 0. The van der Waals surface area contributed by atoms with E-state index in [1.165, 1.54) is 5.41 Å². The highest BCUT2D eigenvalue weighted by atomic mass is 32.2. The van der Waals surface area contributed by atoms with Gasteiger partial charge in [-0.05, 0) is 6.07 Å². The largest absolute Gasteiger partial charge is 0.375 e. The Balaban J connectivity index is 2.07. The third-order valence-electron chi connectivity index (χ3n) is 3.03. The van der Waals surface area contributed by atoms with E-state index in [0.29, 0.717) is 11.2 Å². The van der Waals surface area contributed by atoms with Crippen LogP contribution in [-0.2, 0) is 9.84 Å². The van der Waals surface area contributed by atoms with Crippen molar-refractivity contribution in [2.45, 2.75) is 6.04 Å². The maximum Gasteiger partial charge on any atom is 0.186 e. The highest BCUT2D eigenvalue weighted by molar-refractivity contribution is 7.94. The van der Waals surface area contributed by atoms with Crippen LogP contribution in [0.3, 0.4) is 0 Å². The number of rotatable bonds is 2. The molecule has 0 saturated heterocycles. The van der Waals surface area contributed by atoms with E-state index in [-0.39, 0.29) is 17.5 Å². The second-order valence-electron chi connectivity index (χ2n) is 4.46. The van der Waals surface area contributed by atoms with Gasteiger partial charge in [-0.25, -0.2) is 8.42 Å². The molecular formula is C13H10N4O2S. The van der Waals surface area contributed by atoms with E-state index in [4.69, 9.17) is 5.26 Å². The molecule has 0 bridgehead atoms. The monoisotopic (exact) mass is 286 g/mol. The molecule has 0 fully saturated rings. The highest BCUT2D eigenvalue weighted by Crippen LogP contribution is 2.25. The first-order valence-electron chi connectivity index (χ1n) is 5.92. The standard InChI is InChI=1S/C13H10N4O2S/c14-7-12-13(15-9-5-6-20(18,19)8-9)10-3-1-2-4-11(10)16-17-12/h1-6,9H,8H2,(H,15,16). The quantitative estimate of drug-likeness (QED) is 0.891. The molecule has 6 nitrogen and oxygen atoms in total. The van der Waals surface area contributed by atoms with Crippen LogP contribution in [0.1, 0.15) is 5.69 Å². The van der Waals surface area contributed by atoms with Crippen molar-refractivity contribution in [3.8, 4) is 6.07 Å². The zero-order valence-electron chi connectivity index (χ0n) is 10.3. The molecule has 1 unspecified atom stereocenters. The summed E-state index contributed by atoms with van der Waals surface area (Å²) in [5, 5.41) is 22.0. The van der Waals surface area contributed by atoms with Gasteiger partial charge in [-0.2, -0.15) is 5.26 Å². The van der Waals surface area contributed by atoms with Gasteiger partial charge in [-0.1, -0.05) is 24.3 Å². The van der Waals surface area contributed by atoms with E-state index in [2.05, 4.69) is 15.5 Å². The number of hydrogen-bond acceptors (Lipinski definition) is 6. The van der Waals surface area contributed by atoms with Gasteiger partial charge in [0.05, 0.1) is 23.0 Å². The van der Waals surface area contributed by atoms with Crippen LogP contribution in [0, 0.1) is 11.3 Å². The summed E-state index contributed by atoms with van der Waals surface area (Å²) in [6, 6.07) is 8.88. The third kappa shape index (κ3) is 2.21. The lowest BCUT2D eigenvalue weighted by atomic mass is 10.1. The van der Waals surface area contributed by atoms with Crippen LogP contribution in [0.15, 0.2) is 35.7 Å². The predicted molar refractivity (Wildman–Crippen MR) is 74.6 cm³/mol. The predicted octanol–water partition coefficient (Wildman–Crippen LogP) is 1.22. The highest BCUT2D eigenvalue weighted by Gasteiger charge is 2.23. The molecule has 1 aromatic heterocycles. The van der Waals surface area contributed by atoms with Crippen LogP contribution in [0.2, 0.25) is 0 Å². The van der Waals surface area contributed by atoms with Crippen molar-refractivity contribution in [1.29, 1.82) is 5.26 Å². The fourth-order valence-electron chi connectivity index (χ4n) is 2.13. The number of sulfone groups is 1. The van der Waals surface area contributed by atoms with Crippen LogP contribution in [0.5, 0.6) is 0 Å². The molecule has 0 spiro atoms. The molecule has 0 saturated carbocycles. The van der Waals surface area contributed by atoms with Crippen LogP contribution in [-0.4, -0.2) is 30.4 Å². The summed E-state index contributed by atoms with van der Waals surface area (Å²) in [6.07, 6.45) is 1.58. The molecule has 2 heterocycles. The van der Waals surface area contributed by atoms with Crippen LogP contribution in [0.25, 0.3) is 10.9 Å². The van der Waals surface area contributed by atoms with Gasteiger partial charge in [0.1, 0.15) is 6.07 Å². The summed E-state index contributed by atoms with van der Waals surface area (Å²) in [4.78, 5) is 0. The lowest BCUT2D eigenvalue weighted by Crippen LogP contribution is -2.22. The number of nitrogens with zero attached hydrogens (tertiary/aromatic N) is 3. The van der Waals surface area contributed by atoms with E-state index < -0.39 is 9.84 Å². The summed E-state index contributed by atoms with van der Waals surface area (Å²) in [7, 11) is -3.15. The van der Waals surface area contributed by atoms with Crippen molar-refractivity contribution >= 4 is 26.4 Å². The molecule has 2 aromatic rings. The Kier molecular flexibility index (Phi) is 2.88. The summed E-state index contributed by atoms with van der Waals surface area (Å²) < 4.78 is 22.9. The first-order chi connectivity index (χ1) is 9.59. The molecule has 0 radical (unpaired) electrons. The first-order valence-corrected chi connectivity index (χ1v) is 7.63. The van der Waals surface area contributed by atoms with E-state index in [0.717, 1.165) is 5.39 Å². The number of anilines is 1. The van der Waals surface area contributed by atoms with Crippen molar-refractivity contribution in [3.05, 3.63) is 41.4 Å². The smallest absolute Gasteiger partial charge is 0.186 e. The molecular weight excluding hydrogens is 276 g/mol. The Hall–Kier alpha value is -2.46. The molecule has 1 aromatic carbocycles. The molecule has 7 heteroatoms. The van der Waals surface area contributed by atoms with Gasteiger partial charge in [0.15, 0.2) is 15.5 Å². The fraction of sp³-hybridized carbons (Fsp3) is 0.154. The Bertz CT molecular complexity index is 852. The molecule has 100 valence electrons. The van der Waals surface area contributed by atoms with Gasteiger partial charge in [-0.15, -0.1) is 10.2 Å². The molecule has 1 atom stereocenters. The molecule has 0 amide bonds. The van der Waals surface area contributed by atoms with Crippen LogP contribution >= 0.6 is 0 Å². The second-order valence-corrected chi connectivity index (χ2v) is 6.39. The lowest BCUT2D eigenvalue weighted by molar-refractivity contribution is 0.605. The molecule has 3 rings (SSSR count). The topological polar surface area (TPSA) is 95.7 Å². The number of nitriles is 1. The molecule has 0 aliphatic carbocycles. The first kappa shape index (κ1) is 12.6. The minimum absolute atomic E-state index is 0.0193. The average Bonchev–Trinajstić information content (AvgIpc) is 2.78. The van der Waals surface area contributed by atoms with Crippen molar-refractivity contribution in [1.82, 2.24) is 10.2 Å². The number of benzene rings is 1. The molecule has 1 N–H and O–H groups in total. The Morgan fingerprint density at radius 1 is 1.30 bits per heavy atom. The summed E-state index contributed by atoms with van der Waals surface area (Å²) in [6.45, 7) is 0. The van der Waals surface area contributed by atoms with E-state index in [1.54, 1.807) is 12.1 Å². The van der Waals surface area contributed by atoms with Gasteiger partial charge in [-0.3, -0.25) is 0 Å². The number of hydrogen-bond donors (Lipinski definition) is 1.